The van der Waals surface area contributed by atoms with E-state index in [0.29, 0.717) is 12.1 Å². The highest BCUT2D eigenvalue weighted by molar-refractivity contribution is 5.88. The molecule has 0 aliphatic heterocycles. The Morgan fingerprint density at radius 1 is 1.67 bits per heavy atom. The third-order valence-corrected chi connectivity index (χ3v) is 2.32. The lowest BCUT2D eigenvalue weighted by molar-refractivity contribution is 0.0694. The van der Waals surface area contributed by atoms with Gasteiger partial charge >= 0.3 is 5.97 Å². The number of hydrogen-bond acceptors (Lipinski definition) is 3. The lowest BCUT2D eigenvalue weighted by Gasteiger charge is -2.15. The molecule has 1 heterocycles. The number of nitrogens with zero attached hydrogens (tertiary/aromatic N) is 3. The first-order valence-electron chi connectivity index (χ1n) is 4.99. The van der Waals surface area contributed by atoms with Gasteiger partial charge in [-0.25, -0.2) is 4.79 Å². The fourth-order valence-corrected chi connectivity index (χ4v) is 1.55. The number of carboxylic acids is 1. The van der Waals surface area contributed by atoms with Gasteiger partial charge in [-0.2, -0.15) is 5.10 Å². The zero-order chi connectivity index (χ0) is 11.4. The van der Waals surface area contributed by atoms with Gasteiger partial charge in [-0.3, -0.25) is 4.68 Å². The average molecular weight is 211 g/mol. The van der Waals surface area contributed by atoms with Crippen molar-refractivity contribution in [1.29, 1.82) is 0 Å². The van der Waals surface area contributed by atoms with Crippen molar-refractivity contribution < 1.29 is 9.90 Å². The Kier molecular flexibility index (Phi) is 3.85. The van der Waals surface area contributed by atoms with E-state index >= 15 is 0 Å². The van der Waals surface area contributed by atoms with Gasteiger partial charge < -0.3 is 10.0 Å². The molecule has 0 atom stereocenters. The minimum atomic E-state index is -0.914. The number of aryl methyl sites for hydroxylation is 1. The van der Waals surface area contributed by atoms with E-state index in [1.807, 2.05) is 7.05 Å². The summed E-state index contributed by atoms with van der Waals surface area (Å²) in [6.45, 7) is 3.66. The van der Waals surface area contributed by atoms with Crippen LogP contribution < -0.4 is 0 Å². The molecule has 1 rings (SSSR count). The predicted octanol–water partition coefficient (Wildman–Crippen LogP) is 0.960. The predicted molar refractivity (Wildman–Crippen MR) is 56.8 cm³/mol. The lowest BCUT2D eigenvalue weighted by atomic mass is 10.2. The first kappa shape index (κ1) is 11.7. The highest BCUT2D eigenvalue weighted by Gasteiger charge is 2.15. The molecule has 15 heavy (non-hydrogen) atoms. The van der Waals surface area contributed by atoms with Gasteiger partial charge in [-0.15, -0.1) is 0 Å². The largest absolute Gasteiger partial charge is 0.478 e. The average Bonchev–Trinajstić information content (AvgIpc) is 2.48. The lowest BCUT2D eigenvalue weighted by Crippen LogP contribution is -2.21. The van der Waals surface area contributed by atoms with Crippen LogP contribution in [0.1, 0.15) is 29.4 Å². The smallest absolute Gasteiger partial charge is 0.339 e. The number of aromatic carboxylic acids is 1. The molecule has 0 aromatic carbocycles. The topological polar surface area (TPSA) is 58.4 Å². The van der Waals surface area contributed by atoms with Gasteiger partial charge in [0.15, 0.2) is 0 Å². The Morgan fingerprint density at radius 3 is 2.87 bits per heavy atom. The zero-order valence-corrected chi connectivity index (χ0v) is 9.40. The Balaban J connectivity index is 2.83. The normalized spacial score (nSPS) is 10.9. The van der Waals surface area contributed by atoms with E-state index in [2.05, 4.69) is 16.9 Å². The van der Waals surface area contributed by atoms with E-state index in [0.717, 1.165) is 18.7 Å². The van der Waals surface area contributed by atoms with Crippen molar-refractivity contribution >= 4 is 5.97 Å². The van der Waals surface area contributed by atoms with E-state index in [-0.39, 0.29) is 0 Å². The van der Waals surface area contributed by atoms with Crippen molar-refractivity contribution in [3.63, 3.8) is 0 Å². The first-order chi connectivity index (χ1) is 7.06. The molecule has 0 saturated heterocycles. The molecule has 1 aromatic heterocycles. The molecule has 0 saturated carbocycles. The standard InChI is InChI=1S/C10H17N3O2/c1-4-5-12(2)7-9-8(10(14)15)6-11-13(9)3/h6H,4-5,7H2,1-3H3,(H,14,15). The number of carbonyl (C=O) groups is 1. The van der Waals surface area contributed by atoms with Gasteiger partial charge in [0.25, 0.3) is 0 Å². The van der Waals surface area contributed by atoms with E-state index in [1.54, 1.807) is 11.7 Å². The van der Waals surface area contributed by atoms with Crippen LogP contribution in [-0.4, -0.2) is 39.3 Å². The van der Waals surface area contributed by atoms with Crippen LogP contribution in [0.25, 0.3) is 0 Å². The minimum Gasteiger partial charge on any atom is -0.478 e. The van der Waals surface area contributed by atoms with Crippen molar-refractivity contribution in [3.8, 4) is 0 Å². The molecule has 0 aliphatic rings. The fraction of sp³-hybridized carbons (Fsp3) is 0.600. The van der Waals surface area contributed by atoms with Crippen LogP contribution in [0.5, 0.6) is 0 Å². The maximum atomic E-state index is 10.9. The first-order valence-corrected chi connectivity index (χ1v) is 4.99. The molecule has 0 aliphatic carbocycles. The summed E-state index contributed by atoms with van der Waals surface area (Å²) in [6.07, 6.45) is 2.45. The molecule has 1 N–H and O–H groups in total. The third kappa shape index (κ3) is 2.79. The van der Waals surface area contributed by atoms with Crippen LogP contribution in [-0.2, 0) is 13.6 Å². The number of aromatic nitrogens is 2. The van der Waals surface area contributed by atoms with Crippen LogP contribution in [0.2, 0.25) is 0 Å². The second-order valence-electron chi connectivity index (χ2n) is 3.67. The second kappa shape index (κ2) is 4.93. The zero-order valence-electron chi connectivity index (χ0n) is 9.40. The summed E-state index contributed by atoms with van der Waals surface area (Å²) in [5, 5.41) is 12.9. The molecule has 0 radical (unpaired) electrons. The molecule has 0 bridgehead atoms. The van der Waals surface area contributed by atoms with E-state index in [4.69, 9.17) is 5.11 Å². The maximum absolute atomic E-state index is 10.9. The van der Waals surface area contributed by atoms with Crippen molar-refractivity contribution in [3.05, 3.63) is 17.5 Å². The molecular weight excluding hydrogens is 194 g/mol. The molecule has 84 valence electrons. The van der Waals surface area contributed by atoms with Gasteiger partial charge in [0.1, 0.15) is 5.56 Å². The van der Waals surface area contributed by atoms with Crippen molar-refractivity contribution in [2.24, 2.45) is 7.05 Å². The van der Waals surface area contributed by atoms with E-state index in [9.17, 15) is 4.79 Å². The number of rotatable bonds is 5. The van der Waals surface area contributed by atoms with Crippen LogP contribution in [0.4, 0.5) is 0 Å². The Morgan fingerprint density at radius 2 is 2.33 bits per heavy atom. The summed E-state index contributed by atoms with van der Waals surface area (Å²) in [7, 11) is 3.74. The fourth-order valence-electron chi connectivity index (χ4n) is 1.55. The van der Waals surface area contributed by atoms with Crippen LogP contribution >= 0.6 is 0 Å². The summed E-state index contributed by atoms with van der Waals surface area (Å²) in [6, 6.07) is 0. The summed E-state index contributed by atoms with van der Waals surface area (Å²) in [5.41, 5.74) is 1.04. The van der Waals surface area contributed by atoms with Gasteiger partial charge in [-0.1, -0.05) is 6.92 Å². The van der Waals surface area contributed by atoms with Crippen molar-refractivity contribution in [2.75, 3.05) is 13.6 Å². The molecule has 0 unspecified atom stereocenters. The van der Waals surface area contributed by atoms with Gasteiger partial charge in [0.2, 0.25) is 0 Å². The molecule has 5 heteroatoms. The number of hydrogen-bond donors (Lipinski definition) is 1. The van der Waals surface area contributed by atoms with Gasteiger partial charge in [0, 0.05) is 13.6 Å². The van der Waals surface area contributed by atoms with Crippen molar-refractivity contribution in [1.82, 2.24) is 14.7 Å². The molecule has 1 aromatic rings. The monoisotopic (exact) mass is 211 g/mol. The van der Waals surface area contributed by atoms with Crippen molar-refractivity contribution in [2.45, 2.75) is 19.9 Å². The van der Waals surface area contributed by atoms with Crippen LogP contribution in [0.15, 0.2) is 6.20 Å². The number of carboxylic acid groups (broad SMARTS) is 1. The second-order valence-corrected chi connectivity index (χ2v) is 3.67. The summed E-state index contributed by atoms with van der Waals surface area (Å²) in [5.74, 6) is -0.914. The summed E-state index contributed by atoms with van der Waals surface area (Å²) < 4.78 is 1.62. The summed E-state index contributed by atoms with van der Waals surface area (Å²) >= 11 is 0. The highest BCUT2D eigenvalue weighted by atomic mass is 16.4. The Bertz CT molecular complexity index is 346. The third-order valence-electron chi connectivity index (χ3n) is 2.32. The van der Waals surface area contributed by atoms with Gasteiger partial charge in [0.05, 0.1) is 11.9 Å². The maximum Gasteiger partial charge on any atom is 0.339 e. The van der Waals surface area contributed by atoms with Crippen LogP contribution in [0, 0.1) is 0 Å². The SMILES string of the molecule is CCCN(C)Cc1c(C(=O)O)cnn1C. The Hall–Kier alpha value is -1.36. The summed E-state index contributed by atoms with van der Waals surface area (Å²) in [4.78, 5) is 13.0. The molecule has 0 fully saturated rings. The molecule has 5 nitrogen and oxygen atoms in total. The highest BCUT2D eigenvalue weighted by Crippen LogP contribution is 2.10. The van der Waals surface area contributed by atoms with Crippen LogP contribution in [0.3, 0.4) is 0 Å². The molecule has 0 amide bonds. The Labute approximate surface area is 89.3 Å². The van der Waals surface area contributed by atoms with Gasteiger partial charge in [-0.05, 0) is 20.0 Å². The van der Waals surface area contributed by atoms with E-state index < -0.39 is 5.97 Å². The molecule has 0 spiro atoms. The van der Waals surface area contributed by atoms with E-state index in [1.165, 1.54) is 6.20 Å². The quantitative estimate of drug-likeness (QED) is 0.788. The minimum absolute atomic E-state index is 0.292. The molecular formula is C10H17N3O2.